The van der Waals surface area contributed by atoms with Gasteiger partial charge in [-0.15, -0.1) is 0 Å². The molecule has 0 bridgehead atoms. The molecule has 2 amide bonds. The summed E-state index contributed by atoms with van der Waals surface area (Å²) in [6.07, 6.45) is 0.711. The number of hydrogen-bond acceptors (Lipinski definition) is 6. The summed E-state index contributed by atoms with van der Waals surface area (Å²) in [4.78, 5) is 30.5. The van der Waals surface area contributed by atoms with Crippen molar-refractivity contribution in [3.63, 3.8) is 0 Å². The van der Waals surface area contributed by atoms with Gasteiger partial charge in [0.05, 0.1) is 40.6 Å². The zero-order valence-electron chi connectivity index (χ0n) is 25.5. The minimum absolute atomic E-state index is 0.0258. The van der Waals surface area contributed by atoms with Gasteiger partial charge in [-0.3, -0.25) is 9.59 Å². The van der Waals surface area contributed by atoms with Crippen LogP contribution >= 0.6 is 0 Å². The predicted octanol–water partition coefficient (Wildman–Crippen LogP) is 4.59. The van der Waals surface area contributed by atoms with Gasteiger partial charge in [0.15, 0.2) is 5.60 Å². The van der Waals surface area contributed by atoms with Gasteiger partial charge in [-0.25, -0.2) is 0 Å². The monoisotopic (exact) mass is 600 g/mol. The third kappa shape index (κ3) is 4.65. The van der Waals surface area contributed by atoms with E-state index in [1.165, 1.54) is 5.19 Å². The van der Waals surface area contributed by atoms with E-state index in [1.807, 2.05) is 59.5 Å². The van der Waals surface area contributed by atoms with Crippen molar-refractivity contribution < 1.29 is 28.9 Å². The highest BCUT2D eigenvalue weighted by Crippen LogP contribution is 2.60. The molecule has 3 aliphatic heterocycles. The standard InChI is InChI=1S/C34H40N2O6Si/c1-22-32(43(4,5)27-12-9-25(40-2)10-13-27)30(16-18-37)42-34(22)28-20-26(41-3)11-14-29(28)36(33(34)39)21-23-7-6-8-24(19-23)35-17-15-31(35)38/h6-14,19-20,22,30,32,37H,15-18,21H2,1-5H3/t22-,30+,32-,34+/m1/s1. The van der Waals surface area contributed by atoms with Crippen molar-refractivity contribution in [2.75, 3.05) is 37.2 Å². The van der Waals surface area contributed by atoms with E-state index in [9.17, 15) is 14.7 Å². The summed E-state index contributed by atoms with van der Waals surface area (Å²) in [6.45, 7) is 7.83. The number of aliphatic hydroxyl groups is 1. The second-order valence-electron chi connectivity index (χ2n) is 12.4. The van der Waals surface area contributed by atoms with E-state index in [1.54, 1.807) is 19.1 Å². The molecule has 3 aromatic rings. The fourth-order valence-electron chi connectivity index (χ4n) is 7.57. The number of carbonyl (C=O) groups is 2. The van der Waals surface area contributed by atoms with Crippen LogP contribution in [0.5, 0.6) is 11.5 Å². The fourth-order valence-corrected chi connectivity index (χ4v) is 11.6. The van der Waals surface area contributed by atoms with Crippen LogP contribution in [0.1, 0.15) is 30.9 Å². The molecule has 8 nitrogen and oxygen atoms in total. The normalized spacial score (nSPS) is 24.8. The van der Waals surface area contributed by atoms with Gasteiger partial charge in [0, 0.05) is 36.7 Å². The summed E-state index contributed by atoms with van der Waals surface area (Å²) in [5.41, 5.74) is 2.24. The van der Waals surface area contributed by atoms with E-state index in [0.29, 0.717) is 31.7 Å². The Kier molecular flexibility index (Phi) is 7.60. The maximum Gasteiger partial charge on any atom is 0.264 e. The first-order valence-electron chi connectivity index (χ1n) is 15.0. The third-order valence-corrected chi connectivity index (χ3v) is 14.2. The molecule has 1 N–H and O–H groups in total. The first-order valence-corrected chi connectivity index (χ1v) is 18.1. The molecular weight excluding hydrogens is 560 g/mol. The number of ether oxygens (including phenoxy) is 3. The predicted molar refractivity (Wildman–Crippen MR) is 169 cm³/mol. The van der Waals surface area contributed by atoms with Gasteiger partial charge in [0.25, 0.3) is 5.91 Å². The lowest BCUT2D eigenvalue weighted by Gasteiger charge is -2.37. The van der Waals surface area contributed by atoms with E-state index in [4.69, 9.17) is 14.2 Å². The van der Waals surface area contributed by atoms with E-state index in [0.717, 1.165) is 28.3 Å². The number of rotatable bonds is 9. The molecule has 2 saturated heterocycles. The molecule has 6 rings (SSSR count). The van der Waals surface area contributed by atoms with Crippen LogP contribution < -0.4 is 24.5 Å². The highest BCUT2D eigenvalue weighted by molar-refractivity contribution is 6.91. The molecule has 2 fully saturated rings. The molecule has 3 aliphatic rings. The average Bonchev–Trinajstić information content (AvgIpc) is 3.43. The van der Waals surface area contributed by atoms with Gasteiger partial charge in [-0.1, -0.05) is 49.5 Å². The number of methoxy groups -OCH3 is 2. The van der Waals surface area contributed by atoms with Crippen LogP contribution in [0.3, 0.4) is 0 Å². The zero-order valence-corrected chi connectivity index (χ0v) is 26.5. The molecule has 1 spiro atoms. The topological polar surface area (TPSA) is 88.5 Å². The molecule has 0 radical (unpaired) electrons. The van der Waals surface area contributed by atoms with Gasteiger partial charge in [0.2, 0.25) is 5.91 Å². The molecule has 3 heterocycles. The molecule has 4 atom stereocenters. The first kappa shape index (κ1) is 29.4. The molecule has 0 saturated carbocycles. The second-order valence-corrected chi connectivity index (χ2v) is 17.1. The van der Waals surface area contributed by atoms with Gasteiger partial charge in [-0.2, -0.15) is 0 Å². The van der Waals surface area contributed by atoms with Gasteiger partial charge in [-0.05, 0) is 60.0 Å². The molecular formula is C34H40N2O6Si. The van der Waals surface area contributed by atoms with Crippen molar-refractivity contribution in [1.82, 2.24) is 0 Å². The number of hydrogen-bond donors (Lipinski definition) is 1. The van der Waals surface area contributed by atoms with E-state index in [-0.39, 0.29) is 36.0 Å². The van der Waals surface area contributed by atoms with Crippen molar-refractivity contribution >= 4 is 36.4 Å². The molecule has 0 aliphatic carbocycles. The maximum absolute atomic E-state index is 14.8. The van der Waals surface area contributed by atoms with Crippen molar-refractivity contribution in [2.24, 2.45) is 5.92 Å². The Bertz CT molecular complexity index is 1540. The molecule has 0 aromatic heterocycles. The second kappa shape index (κ2) is 11.1. The highest BCUT2D eigenvalue weighted by atomic mass is 28.3. The van der Waals surface area contributed by atoms with Crippen LogP contribution in [0.4, 0.5) is 11.4 Å². The lowest BCUT2D eigenvalue weighted by atomic mass is 9.82. The van der Waals surface area contributed by atoms with E-state index >= 15 is 0 Å². The van der Waals surface area contributed by atoms with Crippen molar-refractivity contribution in [3.05, 3.63) is 77.9 Å². The summed E-state index contributed by atoms with van der Waals surface area (Å²) in [7, 11) is 1.03. The van der Waals surface area contributed by atoms with Crippen molar-refractivity contribution in [2.45, 2.75) is 56.7 Å². The van der Waals surface area contributed by atoms with E-state index < -0.39 is 13.7 Å². The highest BCUT2D eigenvalue weighted by Gasteiger charge is 2.66. The third-order valence-electron chi connectivity index (χ3n) is 9.87. The minimum atomic E-state index is -2.26. The lowest BCUT2D eigenvalue weighted by Crippen LogP contribution is -2.51. The van der Waals surface area contributed by atoms with Crippen molar-refractivity contribution in [3.8, 4) is 11.5 Å². The molecule has 3 aromatic carbocycles. The summed E-state index contributed by atoms with van der Waals surface area (Å²) in [5, 5.41) is 11.4. The number of nitrogens with zero attached hydrogens (tertiary/aromatic N) is 2. The Morgan fingerprint density at radius 1 is 1.00 bits per heavy atom. The van der Waals surface area contributed by atoms with Crippen LogP contribution in [-0.4, -0.2) is 58.5 Å². The van der Waals surface area contributed by atoms with Crippen LogP contribution in [0.25, 0.3) is 0 Å². The Balaban J connectivity index is 1.41. The van der Waals surface area contributed by atoms with Crippen LogP contribution in [0, 0.1) is 5.92 Å². The van der Waals surface area contributed by atoms with Crippen LogP contribution in [0.2, 0.25) is 18.6 Å². The summed E-state index contributed by atoms with van der Waals surface area (Å²) in [5.74, 6) is 1.32. The molecule has 0 unspecified atom stereocenters. The van der Waals surface area contributed by atoms with E-state index in [2.05, 4.69) is 32.2 Å². The Labute approximate surface area is 254 Å². The smallest absolute Gasteiger partial charge is 0.264 e. The molecule has 226 valence electrons. The van der Waals surface area contributed by atoms with Gasteiger partial charge >= 0.3 is 0 Å². The summed E-state index contributed by atoms with van der Waals surface area (Å²) < 4.78 is 18.0. The van der Waals surface area contributed by atoms with Crippen LogP contribution in [-0.2, 0) is 26.5 Å². The zero-order chi connectivity index (χ0) is 30.5. The van der Waals surface area contributed by atoms with Gasteiger partial charge < -0.3 is 29.1 Å². The number of anilines is 2. The maximum atomic E-state index is 14.8. The fraction of sp³-hybridized carbons (Fsp3) is 0.412. The first-order chi connectivity index (χ1) is 20.6. The number of β-lactam (4-membered cyclic amide) rings is 1. The average molecular weight is 601 g/mol. The van der Waals surface area contributed by atoms with Gasteiger partial charge in [0.1, 0.15) is 11.5 Å². The summed E-state index contributed by atoms with van der Waals surface area (Å²) >= 11 is 0. The Morgan fingerprint density at radius 3 is 2.35 bits per heavy atom. The Hall–Kier alpha value is -3.66. The van der Waals surface area contributed by atoms with Crippen LogP contribution in [0.15, 0.2) is 66.7 Å². The number of benzene rings is 3. The minimum Gasteiger partial charge on any atom is -0.497 e. The largest absolute Gasteiger partial charge is 0.497 e. The lowest BCUT2D eigenvalue weighted by molar-refractivity contribution is -0.146. The number of fused-ring (bicyclic) bond motifs is 2. The number of carbonyl (C=O) groups excluding carboxylic acids is 2. The molecule has 9 heteroatoms. The molecule has 43 heavy (non-hydrogen) atoms. The summed E-state index contributed by atoms with van der Waals surface area (Å²) in [6, 6.07) is 21.9. The number of aliphatic hydroxyl groups excluding tert-OH is 1. The Morgan fingerprint density at radius 2 is 1.72 bits per heavy atom. The number of amides is 2. The SMILES string of the molecule is COc1ccc([Si](C)(C)[C@H]2[C@H](CCO)O[C@@]3(C(=O)N(Cc4cccc(N5CCC5=O)c4)c4ccc(OC)cc43)[C@@H]2C)cc1. The quantitative estimate of drug-likeness (QED) is 0.286. The van der Waals surface area contributed by atoms with Crippen molar-refractivity contribution in [1.29, 1.82) is 0 Å².